The summed E-state index contributed by atoms with van der Waals surface area (Å²) >= 11 is 0. The van der Waals surface area contributed by atoms with E-state index in [0.717, 1.165) is 19.3 Å². The Balaban J connectivity index is 1.64. The lowest BCUT2D eigenvalue weighted by Gasteiger charge is -2.55. The van der Waals surface area contributed by atoms with E-state index in [9.17, 15) is 26.8 Å². The Bertz CT molecular complexity index is 684. The third-order valence-electron chi connectivity index (χ3n) is 5.95. The molecule has 1 atom stereocenters. The van der Waals surface area contributed by atoms with Gasteiger partial charge in [-0.1, -0.05) is 6.92 Å². The van der Waals surface area contributed by atoms with Crippen molar-refractivity contribution in [2.75, 3.05) is 5.75 Å². The van der Waals surface area contributed by atoms with Gasteiger partial charge in [-0.05, 0) is 62.7 Å². The molecule has 0 saturated heterocycles. The molecule has 7 nitrogen and oxygen atoms in total. The number of esters is 2. The van der Waals surface area contributed by atoms with Crippen LogP contribution in [0.2, 0.25) is 0 Å². The van der Waals surface area contributed by atoms with E-state index in [2.05, 4.69) is 4.74 Å². The Morgan fingerprint density at radius 3 is 2.04 bits per heavy atom. The zero-order chi connectivity index (χ0) is 20.0. The van der Waals surface area contributed by atoms with Crippen LogP contribution in [0.5, 0.6) is 0 Å². The second-order valence-corrected chi connectivity index (χ2v) is 9.74. The highest BCUT2D eigenvalue weighted by Gasteiger charge is 2.56. The number of rotatable bonds is 7. The van der Waals surface area contributed by atoms with E-state index in [4.69, 9.17) is 9.29 Å². The van der Waals surface area contributed by atoms with Gasteiger partial charge in [0.05, 0.1) is 5.41 Å². The van der Waals surface area contributed by atoms with E-state index in [1.165, 1.54) is 6.92 Å². The molecule has 10 heteroatoms. The standard InChI is InChI=1S/C17H24F2O7S/c1-2-13(14(20)26-17(18,19)9-27(22,23)24)25-15(21)16-6-10-3-11(7-16)5-12(4-10)8-16/h10-13H,2-9H2,1H3,(H,22,23,24). The maximum absolute atomic E-state index is 13.5. The number of alkyl halides is 2. The SMILES string of the molecule is CCC(OC(=O)C12CC3CC(CC(C3)C1)C2)C(=O)OC(F)(F)CS(=O)(=O)O. The third kappa shape index (κ3) is 4.59. The van der Waals surface area contributed by atoms with E-state index < -0.39 is 45.4 Å². The minimum atomic E-state index is -5.05. The minimum absolute atomic E-state index is 0.0844. The summed E-state index contributed by atoms with van der Waals surface area (Å²) in [5, 5.41) is 0. The summed E-state index contributed by atoms with van der Waals surface area (Å²) in [6.07, 6.45) is -0.635. The maximum atomic E-state index is 13.5. The van der Waals surface area contributed by atoms with E-state index in [0.29, 0.717) is 37.0 Å². The molecule has 4 rings (SSSR count). The molecule has 0 amide bonds. The van der Waals surface area contributed by atoms with Crippen LogP contribution in [0.1, 0.15) is 51.9 Å². The second kappa shape index (κ2) is 6.95. The first-order valence-corrected chi connectivity index (χ1v) is 10.8. The van der Waals surface area contributed by atoms with E-state index >= 15 is 0 Å². The molecule has 4 fully saturated rings. The average molecular weight is 410 g/mol. The van der Waals surface area contributed by atoms with Crippen LogP contribution in [-0.2, 0) is 29.2 Å². The molecule has 0 aromatic heterocycles. The lowest BCUT2D eigenvalue weighted by atomic mass is 9.49. The van der Waals surface area contributed by atoms with Crippen LogP contribution < -0.4 is 0 Å². The quantitative estimate of drug-likeness (QED) is 0.508. The Morgan fingerprint density at radius 2 is 1.63 bits per heavy atom. The summed E-state index contributed by atoms with van der Waals surface area (Å²) in [7, 11) is -5.05. The molecule has 0 aliphatic heterocycles. The summed E-state index contributed by atoms with van der Waals surface area (Å²) in [5.41, 5.74) is -0.653. The Morgan fingerprint density at radius 1 is 1.15 bits per heavy atom. The summed E-state index contributed by atoms with van der Waals surface area (Å²) in [4.78, 5) is 24.8. The van der Waals surface area contributed by atoms with E-state index in [1.807, 2.05) is 0 Å². The zero-order valence-electron chi connectivity index (χ0n) is 15.0. The lowest BCUT2D eigenvalue weighted by Crippen LogP contribution is -2.51. The predicted molar refractivity (Wildman–Crippen MR) is 88.2 cm³/mol. The summed E-state index contributed by atoms with van der Waals surface area (Å²) in [6, 6.07) is 0. The van der Waals surface area contributed by atoms with Crippen LogP contribution in [0.15, 0.2) is 0 Å². The van der Waals surface area contributed by atoms with Gasteiger partial charge in [-0.25, -0.2) is 4.79 Å². The van der Waals surface area contributed by atoms with Gasteiger partial charge in [0.15, 0.2) is 11.9 Å². The Labute approximate surface area is 156 Å². The van der Waals surface area contributed by atoms with Crippen molar-refractivity contribution < 1.29 is 40.8 Å². The number of halogens is 2. The number of hydrogen-bond donors (Lipinski definition) is 1. The molecule has 1 unspecified atom stereocenters. The van der Waals surface area contributed by atoms with Crippen molar-refractivity contribution in [1.82, 2.24) is 0 Å². The van der Waals surface area contributed by atoms with Gasteiger partial charge in [-0.2, -0.15) is 17.2 Å². The van der Waals surface area contributed by atoms with Crippen molar-refractivity contribution in [2.24, 2.45) is 23.2 Å². The van der Waals surface area contributed by atoms with Gasteiger partial charge in [0.1, 0.15) is 0 Å². The van der Waals surface area contributed by atoms with Crippen molar-refractivity contribution in [1.29, 1.82) is 0 Å². The Hall–Kier alpha value is -1.29. The van der Waals surface area contributed by atoms with Crippen LogP contribution in [0.4, 0.5) is 8.78 Å². The van der Waals surface area contributed by atoms with Gasteiger partial charge < -0.3 is 9.47 Å². The van der Waals surface area contributed by atoms with Gasteiger partial charge in [0.2, 0.25) is 0 Å². The highest BCUT2D eigenvalue weighted by molar-refractivity contribution is 7.85. The monoisotopic (exact) mass is 410 g/mol. The van der Waals surface area contributed by atoms with E-state index in [-0.39, 0.29) is 6.42 Å². The molecular weight excluding hydrogens is 386 g/mol. The maximum Gasteiger partial charge on any atom is 0.416 e. The molecule has 0 aromatic carbocycles. The van der Waals surface area contributed by atoms with Crippen LogP contribution in [0, 0.1) is 23.2 Å². The molecule has 0 spiro atoms. The van der Waals surface area contributed by atoms with Crippen molar-refractivity contribution in [3.05, 3.63) is 0 Å². The third-order valence-corrected chi connectivity index (χ3v) is 6.66. The molecule has 0 heterocycles. The van der Waals surface area contributed by atoms with Gasteiger partial charge in [-0.3, -0.25) is 9.35 Å². The Kier molecular flexibility index (Phi) is 5.26. The molecule has 0 radical (unpaired) electrons. The predicted octanol–water partition coefficient (Wildman–Crippen LogP) is 2.55. The summed E-state index contributed by atoms with van der Waals surface area (Å²) in [6.45, 7) is 1.47. The highest BCUT2D eigenvalue weighted by atomic mass is 32.2. The number of ether oxygens (including phenoxy) is 2. The molecular formula is C17H24F2O7S. The van der Waals surface area contributed by atoms with Crippen molar-refractivity contribution in [2.45, 2.75) is 64.1 Å². The van der Waals surface area contributed by atoms with Gasteiger partial charge in [0.25, 0.3) is 10.1 Å². The fourth-order valence-corrected chi connectivity index (χ4v) is 5.85. The first-order valence-electron chi connectivity index (χ1n) is 9.18. The van der Waals surface area contributed by atoms with E-state index in [1.54, 1.807) is 0 Å². The molecule has 4 saturated carbocycles. The molecule has 154 valence electrons. The molecule has 0 aromatic rings. The fraction of sp³-hybridized carbons (Fsp3) is 0.882. The van der Waals surface area contributed by atoms with Crippen LogP contribution in [-0.4, -0.2) is 42.9 Å². The molecule has 1 N–H and O–H groups in total. The second-order valence-electron chi connectivity index (χ2n) is 8.28. The normalized spacial score (nSPS) is 33.6. The van der Waals surface area contributed by atoms with Gasteiger partial charge in [-0.15, -0.1) is 0 Å². The zero-order valence-corrected chi connectivity index (χ0v) is 15.8. The van der Waals surface area contributed by atoms with Gasteiger partial charge >= 0.3 is 18.0 Å². The first-order chi connectivity index (χ1) is 12.4. The fourth-order valence-electron chi connectivity index (χ4n) is 5.37. The number of carbonyl (C=O) groups is 2. The van der Waals surface area contributed by atoms with Crippen LogP contribution >= 0.6 is 0 Å². The van der Waals surface area contributed by atoms with Crippen molar-refractivity contribution >= 4 is 22.1 Å². The smallest absolute Gasteiger partial charge is 0.416 e. The van der Waals surface area contributed by atoms with Crippen molar-refractivity contribution in [3.8, 4) is 0 Å². The number of hydrogen-bond acceptors (Lipinski definition) is 6. The topological polar surface area (TPSA) is 107 Å². The van der Waals surface area contributed by atoms with Gasteiger partial charge in [0, 0.05) is 0 Å². The lowest BCUT2D eigenvalue weighted by molar-refractivity contribution is -0.232. The number of carbonyl (C=O) groups excluding carboxylic acids is 2. The molecule has 4 aliphatic carbocycles. The molecule has 4 bridgehead atoms. The van der Waals surface area contributed by atoms with Crippen LogP contribution in [0.25, 0.3) is 0 Å². The minimum Gasteiger partial charge on any atom is -0.450 e. The summed E-state index contributed by atoms with van der Waals surface area (Å²) in [5.74, 6) is -2.72. The van der Waals surface area contributed by atoms with Crippen LogP contribution in [0.3, 0.4) is 0 Å². The summed E-state index contributed by atoms with van der Waals surface area (Å²) < 4.78 is 65.9. The molecule has 27 heavy (non-hydrogen) atoms. The largest absolute Gasteiger partial charge is 0.450 e. The first kappa shape index (κ1) is 20.4. The van der Waals surface area contributed by atoms with Crippen molar-refractivity contribution in [3.63, 3.8) is 0 Å². The highest BCUT2D eigenvalue weighted by Crippen LogP contribution is 2.60. The average Bonchev–Trinajstić information content (AvgIpc) is 2.47. The molecule has 4 aliphatic rings.